The topological polar surface area (TPSA) is 199 Å². The highest BCUT2D eigenvalue weighted by Gasteiger charge is 2.04. The molecule has 0 bridgehead atoms. The summed E-state index contributed by atoms with van der Waals surface area (Å²) in [6, 6.07) is 0. The van der Waals surface area contributed by atoms with Crippen LogP contribution in [0.3, 0.4) is 0 Å². The zero-order valence-corrected chi connectivity index (χ0v) is 12.1. The van der Waals surface area contributed by atoms with Crippen molar-refractivity contribution < 1.29 is 4.79 Å². The van der Waals surface area contributed by atoms with Crippen LogP contribution in [0.15, 0.2) is 9.98 Å². The Bertz CT molecular complexity index is 326. The smallest absolute Gasteiger partial charge is 0.247 e. The number of nitrogens with zero attached hydrogens (tertiary/aromatic N) is 3. The lowest BCUT2D eigenvalue weighted by Crippen LogP contribution is -2.41. The molecule has 0 rings (SSSR count). The normalized spacial score (nSPS) is 10.2. The Kier molecular flexibility index (Phi) is 10.5. The van der Waals surface area contributed by atoms with Crippen molar-refractivity contribution in [3.8, 4) is 0 Å². The number of nitrogens with two attached hydrogens (primary N) is 5. The Morgan fingerprint density at radius 3 is 1.90 bits per heavy atom. The number of aliphatic imine (C=N–C) groups is 2. The Balaban J connectivity index is 4.08. The number of amides is 1. The summed E-state index contributed by atoms with van der Waals surface area (Å²) in [5.41, 5.74) is 23.1. The van der Waals surface area contributed by atoms with Crippen LogP contribution in [0.2, 0.25) is 0 Å². The second-order valence-corrected chi connectivity index (χ2v) is 4.20. The highest BCUT2D eigenvalue weighted by molar-refractivity contribution is 5.77. The van der Waals surface area contributed by atoms with Crippen molar-refractivity contribution in [1.29, 1.82) is 0 Å². The third-order valence-electron chi connectivity index (χ3n) is 2.47. The molecule has 11 heteroatoms. The van der Waals surface area contributed by atoms with E-state index in [1.807, 2.05) is 5.43 Å². The van der Waals surface area contributed by atoms with Crippen LogP contribution in [-0.4, -0.2) is 68.5 Å². The third kappa shape index (κ3) is 12.7. The van der Waals surface area contributed by atoms with Gasteiger partial charge in [0.15, 0.2) is 11.9 Å². The maximum absolute atomic E-state index is 10.9. The molecule has 0 aliphatic heterocycles. The standard InChI is InChI=1S/C10H26N10O/c11-9(12)17-2-5-20(6-3-18-10(13)14)4-1-16-7-8(21)19-15/h16H,1-7,15H2,(H,19,21)(H4,11,12,17)(H4,13,14,18). The van der Waals surface area contributed by atoms with E-state index in [9.17, 15) is 4.79 Å². The second kappa shape index (κ2) is 11.7. The maximum atomic E-state index is 10.9. The number of hydrogen-bond acceptors (Lipinski definition) is 6. The van der Waals surface area contributed by atoms with Crippen LogP contribution in [0.4, 0.5) is 0 Å². The van der Waals surface area contributed by atoms with E-state index in [1.54, 1.807) is 0 Å². The molecule has 12 N–H and O–H groups in total. The summed E-state index contributed by atoms with van der Waals surface area (Å²) in [6.45, 7) is 3.73. The van der Waals surface area contributed by atoms with Gasteiger partial charge in [-0.15, -0.1) is 0 Å². The van der Waals surface area contributed by atoms with Crippen LogP contribution in [0.5, 0.6) is 0 Å². The Morgan fingerprint density at radius 2 is 1.48 bits per heavy atom. The van der Waals surface area contributed by atoms with E-state index in [-0.39, 0.29) is 24.4 Å². The molecule has 0 heterocycles. The molecular weight excluding hydrogens is 276 g/mol. The van der Waals surface area contributed by atoms with Crippen LogP contribution in [0.1, 0.15) is 0 Å². The summed E-state index contributed by atoms with van der Waals surface area (Å²) >= 11 is 0. The van der Waals surface area contributed by atoms with Gasteiger partial charge in [-0.3, -0.25) is 25.1 Å². The van der Waals surface area contributed by atoms with Crippen molar-refractivity contribution in [3.63, 3.8) is 0 Å². The number of rotatable bonds is 11. The van der Waals surface area contributed by atoms with Gasteiger partial charge in [0.1, 0.15) is 0 Å². The van der Waals surface area contributed by atoms with Crippen molar-refractivity contribution in [3.05, 3.63) is 0 Å². The number of carbonyl (C=O) groups is 1. The van der Waals surface area contributed by atoms with Crippen LogP contribution in [-0.2, 0) is 4.79 Å². The molecule has 0 aliphatic carbocycles. The van der Waals surface area contributed by atoms with Crippen molar-refractivity contribution in [1.82, 2.24) is 15.6 Å². The van der Waals surface area contributed by atoms with Gasteiger partial charge in [0.2, 0.25) is 5.91 Å². The van der Waals surface area contributed by atoms with E-state index in [4.69, 9.17) is 28.8 Å². The monoisotopic (exact) mass is 302 g/mol. The lowest BCUT2D eigenvalue weighted by Gasteiger charge is -2.20. The minimum Gasteiger partial charge on any atom is -0.370 e. The molecule has 0 aromatic rings. The fourth-order valence-corrected chi connectivity index (χ4v) is 1.47. The lowest BCUT2D eigenvalue weighted by atomic mass is 10.4. The summed E-state index contributed by atoms with van der Waals surface area (Å²) in [5, 5.41) is 2.96. The number of carbonyl (C=O) groups excluding carboxylic acids is 1. The number of guanidine groups is 2. The lowest BCUT2D eigenvalue weighted by molar-refractivity contribution is -0.120. The third-order valence-corrected chi connectivity index (χ3v) is 2.47. The van der Waals surface area contributed by atoms with Crippen LogP contribution < -0.4 is 39.5 Å². The van der Waals surface area contributed by atoms with Gasteiger partial charge in [-0.2, -0.15) is 0 Å². The Labute approximate surface area is 124 Å². The minimum atomic E-state index is -0.275. The van der Waals surface area contributed by atoms with Gasteiger partial charge >= 0.3 is 0 Å². The van der Waals surface area contributed by atoms with E-state index in [0.717, 1.165) is 0 Å². The molecule has 122 valence electrons. The zero-order valence-electron chi connectivity index (χ0n) is 12.1. The highest BCUT2D eigenvalue weighted by Crippen LogP contribution is 1.89. The van der Waals surface area contributed by atoms with E-state index in [2.05, 4.69) is 20.2 Å². The Hall–Kier alpha value is -2.11. The summed E-state index contributed by atoms with van der Waals surface area (Å²) in [6.07, 6.45) is 0. The molecule has 0 saturated heterocycles. The van der Waals surface area contributed by atoms with Gasteiger partial charge in [-0.05, 0) is 0 Å². The van der Waals surface area contributed by atoms with Gasteiger partial charge < -0.3 is 28.3 Å². The van der Waals surface area contributed by atoms with Crippen molar-refractivity contribution in [2.24, 2.45) is 38.8 Å². The van der Waals surface area contributed by atoms with Crippen molar-refractivity contribution in [2.75, 3.05) is 45.8 Å². The SMILES string of the molecule is NNC(=O)CNCCN(CCN=C(N)N)CCN=C(N)N. The zero-order chi connectivity index (χ0) is 16.1. The second-order valence-electron chi connectivity index (χ2n) is 4.20. The van der Waals surface area contributed by atoms with E-state index in [0.29, 0.717) is 39.3 Å². The molecule has 21 heavy (non-hydrogen) atoms. The number of hydrazine groups is 1. The molecule has 1 amide bonds. The molecule has 0 atom stereocenters. The predicted molar refractivity (Wildman–Crippen MR) is 83.0 cm³/mol. The molecule has 0 aromatic heterocycles. The van der Waals surface area contributed by atoms with Gasteiger partial charge in [0.05, 0.1) is 19.6 Å². The van der Waals surface area contributed by atoms with Crippen molar-refractivity contribution >= 4 is 17.8 Å². The number of nitrogens with one attached hydrogen (secondary N) is 2. The molecule has 0 aromatic carbocycles. The van der Waals surface area contributed by atoms with Gasteiger partial charge in [0.25, 0.3) is 0 Å². The summed E-state index contributed by atoms with van der Waals surface area (Å²) < 4.78 is 0. The maximum Gasteiger partial charge on any atom is 0.247 e. The minimum absolute atomic E-state index is 0.0527. The molecule has 0 radical (unpaired) electrons. The fraction of sp³-hybridized carbons (Fsp3) is 0.700. The molecular formula is C10H26N10O. The predicted octanol–water partition coefficient (Wildman–Crippen LogP) is -4.59. The molecule has 0 saturated carbocycles. The molecule has 0 fully saturated rings. The van der Waals surface area contributed by atoms with Crippen LogP contribution in [0.25, 0.3) is 0 Å². The first-order valence-corrected chi connectivity index (χ1v) is 6.49. The Morgan fingerprint density at radius 1 is 0.952 bits per heavy atom. The average molecular weight is 302 g/mol. The van der Waals surface area contributed by atoms with E-state index in [1.165, 1.54) is 0 Å². The van der Waals surface area contributed by atoms with Gasteiger partial charge in [-0.25, -0.2) is 5.84 Å². The quantitative estimate of drug-likeness (QED) is 0.0493. The molecule has 0 spiro atoms. The van der Waals surface area contributed by atoms with Gasteiger partial charge in [-0.1, -0.05) is 0 Å². The summed E-state index contributed by atoms with van der Waals surface area (Å²) in [4.78, 5) is 20.9. The van der Waals surface area contributed by atoms with E-state index < -0.39 is 0 Å². The van der Waals surface area contributed by atoms with Crippen LogP contribution >= 0.6 is 0 Å². The van der Waals surface area contributed by atoms with Crippen molar-refractivity contribution in [2.45, 2.75) is 0 Å². The molecule has 0 unspecified atom stereocenters. The first-order valence-electron chi connectivity index (χ1n) is 6.49. The molecule has 0 aliphatic rings. The van der Waals surface area contributed by atoms with Crippen LogP contribution in [0, 0.1) is 0 Å². The largest absolute Gasteiger partial charge is 0.370 e. The summed E-state index contributed by atoms with van der Waals surface area (Å²) in [5.74, 6) is 4.81. The first kappa shape index (κ1) is 18.9. The van der Waals surface area contributed by atoms with E-state index >= 15 is 0 Å². The molecule has 11 nitrogen and oxygen atoms in total. The average Bonchev–Trinajstić information content (AvgIpc) is 2.41. The first-order chi connectivity index (χ1) is 9.95. The number of hydrogen-bond donors (Lipinski definition) is 7. The fourth-order valence-electron chi connectivity index (χ4n) is 1.47. The summed E-state index contributed by atoms with van der Waals surface area (Å²) in [7, 11) is 0. The highest BCUT2D eigenvalue weighted by atomic mass is 16.2. The van der Waals surface area contributed by atoms with Gasteiger partial charge in [0, 0.05) is 26.2 Å².